The number of alkyl halides is 2. The van der Waals surface area contributed by atoms with E-state index in [-0.39, 0.29) is 24.5 Å². The van der Waals surface area contributed by atoms with Crippen LogP contribution in [-0.4, -0.2) is 48.7 Å². The Balaban J connectivity index is 1.53. The van der Waals surface area contributed by atoms with Crippen molar-refractivity contribution in [3.63, 3.8) is 0 Å². The van der Waals surface area contributed by atoms with Crippen molar-refractivity contribution >= 4 is 0 Å². The van der Waals surface area contributed by atoms with E-state index < -0.39 is 18.6 Å². The minimum absolute atomic E-state index is 0.00408. The molecule has 0 spiro atoms. The minimum Gasteiger partial charge on any atom is -0.508 e. The third-order valence-electron chi connectivity index (χ3n) is 5.16. The number of aliphatic hydroxyl groups excluding tert-OH is 2. The highest BCUT2D eigenvalue weighted by atomic mass is 19.3. The zero-order chi connectivity index (χ0) is 23.4. The lowest BCUT2D eigenvalue weighted by Crippen LogP contribution is -2.22. The molecule has 0 unspecified atom stereocenters. The van der Waals surface area contributed by atoms with Crippen molar-refractivity contribution in [2.24, 2.45) is 0 Å². The molecule has 0 saturated carbocycles. The van der Waals surface area contributed by atoms with Crippen LogP contribution < -0.4 is 10.1 Å². The summed E-state index contributed by atoms with van der Waals surface area (Å²) in [6, 6.07) is 10.5. The molecule has 6 nitrogen and oxygen atoms in total. The second kappa shape index (κ2) is 13.3. The van der Waals surface area contributed by atoms with Gasteiger partial charge in [-0.3, -0.25) is 0 Å². The predicted octanol–water partition coefficient (Wildman–Crippen LogP) is 3.89. The van der Waals surface area contributed by atoms with Gasteiger partial charge in [-0.25, -0.2) is 0 Å². The summed E-state index contributed by atoms with van der Waals surface area (Å²) in [6.45, 7) is 0.408. The first-order valence-corrected chi connectivity index (χ1v) is 10.8. The zero-order valence-electron chi connectivity index (χ0n) is 18.4. The van der Waals surface area contributed by atoms with Gasteiger partial charge >= 0.3 is 0 Å². The predicted molar refractivity (Wildman–Crippen MR) is 118 cm³/mol. The summed E-state index contributed by atoms with van der Waals surface area (Å²) in [5.41, 5.74) is 0.886. The van der Waals surface area contributed by atoms with Crippen LogP contribution in [0.3, 0.4) is 0 Å². The molecule has 0 bridgehead atoms. The van der Waals surface area contributed by atoms with E-state index in [1.807, 2.05) is 0 Å². The van der Waals surface area contributed by atoms with Gasteiger partial charge in [0.1, 0.15) is 18.1 Å². The number of rotatable bonds is 15. The molecule has 2 aromatic rings. The second-order valence-electron chi connectivity index (χ2n) is 7.67. The summed E-state index contributed by atoms with van der Waals surface area (Å²) < 4.78 is 38.6. The van der Waals surface area contributed by atoms with Crippen molar-refractivity contribution in [3.8, 4) is 11.5 Å². The number of aromatic hydroxyl groups is 1. The number of phenols is 1. The molecule has 8 heteroatoms. The van der Waals surface area contributed by atoms with E-state index in [1.165, 1.54) is 31.4 Å². The molecule has 2 aromatic carbocycles. The number of nitrogens with one attached hydrogen (secondary N) is 1. The highest BCUT2D eigenvalue weighted by molar-refractivity contribution is 5.36. The SMILES string of the molecule is COc1cccc(C(F)(F)COCCCCCCNC[C@H](O)c2ccc(O)c(CO)c2)c1. The van der Waals surface area contributed by atoms with Crippen LogP contribution in [-0.2, 0) is 17.3 Å². The fourth-order valence-corrected chi connectivity index (χ4v) is 3.24. The van der Waals surface area contributed by atoms with Gasteiger partial charge in [0.2, 0.25) is 0 Å². The maximum atomic E-state index is 14.2. The van der Waals surface area contributed by atoms with Crippen molar-refractivity contribution in [2.75, 3.05) is 33.4 Å². The van der Waals surface area contributed by atoms with Gasteiger partial charge in [-0.2, -0.15) is 8.78 Å². The molecule has 0 saturated heterocycles. The van der Waals surface area contributed by atoms with Gasteiger partial charge in [0.25, 0.3) is 5.92 Å². The van der Waals surface area contributed by atoms with Crippen molar-refractivity contribution < 1.29 is 33.6 Å². The lowest BCUT2D eigenvalue weighted by atomic mass is 10.1. The Kier molecular flexibility index (Phi) is 10.8. The van der Waals surface area contributed by atoms with Gasteiger partial charge in [0, 0.05) is 24.3 Å². The van der Waals surface area contributed by atoms with Gasteiger partial charge in [-0.05, 0) is 49.2 Å². The van der Waals surface area contributed by atoms with E-state index in [9.17, 15) is 24.1 Å². The molecule has 4 N–H and O–H groups in total. The van der Waals surface area contributed by atoms with Gasteiger partial charge in [-0.15, -0.1) is 0 Å². The molecular formula is C24H33F2NO5. The number of hydrogen-bond acceptors (Lipinski definition) is 6. The van der Waals surface area contributed by atoms with Gasteiger partial charge in [0.05, 0.1) is 19.8 Å². The molecule has 178 valence electrons. The summed E-state index contributed by atoms with van der Waals surface area (Å²) in [7, 11) is 1.44. The number of benzene rings is 2. The van der Waals surface area contributed by atoms with E-state index in [4.69, 9.17) is 9.47 Å². The van der Waals surface area contributed by atoms with Gasteiger partial charge < -0.3 is 30.1 Å². The quantitative estimate of drug-likeness (QED) is 0.306. The van der Waals surface area contributed by atoms with E-state index in [2.05, 4.69) is 5.32 Å². The number of methoxy groups -OCH3 is 1. The van der Waals surface area contributed by atoms with Crippen LogP contribution in [0.25, 0.3) is 0 Å². The van der Waals surface area contributed by atoms with E-state index >= 15 is 0 Å². The number of aliphatic hydroxyl groups is 2. The fourth-order valence-electron chi connectivity index (χ4n) is 3.24. The summed E-state index contributed by atoms with van der Waals surface area (Å²) in [5, 5.41) is 32.1. The lowest BCUT2D eigenvalue weighted by molar-refractivity contribution is -0.0832. The van der Waals surface area contributed by atoms with Crippen LogP contribution in [0.15, 0.2) is 42.5 Å². The van der Waals surface area contributed by atoms with Crippen LogP contribution in [0.4, 0.5) is 8.78 Å². The summed E-state index contributed by atoms with van der Waals surface area (Å²) >= 11 is 0. The van der Waals surface area contributed by atoms with Crippen molar-refractivity contribution in [3.05, 3.63) is 59.2 Å². The molecule has 0 aromatic heterocycles. The summed E-state index contributed by atoms with van der Waals surface area (Å²) in [4.78, 5) is 0. The van der Waals surface area contributed by atoms with Crippen molar-refractivity contribution in [1.29, 1.82) is 0 Å². The van der Waals surface area contributed by atoms with E-state index in [1.54, 1.807) is 18.2 Å². The molecule has 0 aliphatic heterocycles. The Bertz CT molecular complexity index is 819. The average Bonchev–Trinajstić information content (AvgIpc) is 2.80. The Labute approximate surface area is 187 Å². The maximum Gasteiger partial charge on any atom is 0.296 e. The second-order valence-corrected chi connectivity index (χ2v) is 7.67. The van der Waals surface area contributed by atoms with Crippen LogP contribution in [0.1, 0.15) is 48.5 Å². The summed E-state index contributed by atoms with van der Waals surface area (Å²) in [5.74, 6) is -2.67. The van der Waals surface area contributed by atoms with E-state index in [0.717, 1.165) is 25.8 Å². The van der Waals surface area contributed by atoms with Gasteiger partial charge in [-0.1, -0.05) is 31.0 Å². The van der Waals surface area contributed by atoms with E-state index in [0.29, 0.717) is 29.8 Å². The standard InChI is InChI=1S/C24H33F2NO5/c1-31-21-8-6-7-20(14-21)24(25,26)17-32-12-5-3-2-4-11-27-15-23(30)18-9-10-22(29)19(13-18)16-28/h6-10,13-14,23,27-30H,2-5,11-12,15-17H2,1H3/t23-/m0/s1. The smallest absolute Gasteiger partial charge is 0.296 e. The average molecular weight is 454 g/mol. The molecule has 0 radical (unpaired) electrons. The molecule has 0 amide bonds. The molecule has 0 aliphatic rings. The first-order chi connectivity index (χ1) is 15.4. The molecule has 0 aliphatic carbocycles. The van der Waals surface area contributed by atoms with Crippen LogP contribution in [0, 0.1) is 0 Å². The first kappa shape index (κ1) is 26.0. The Hall–Kier alpha value is -2.26. The third-order valence-corrected chi connectivity index (χ3v) is 5.16. The Morgan fingerprint density at radius 2 is 1.84 bits per heavy atom. The summed E-state index contributed by atoms with van der Waals surface area (Å²) in [6.07, 6.45) is 2.65. The highest BCUT2D eigenvalue weighted by Crippen LogP contribution is 2.30. The van der Waals surface area contributed by atoms with Crippen molar-refractivity contribution in [2.45, 2.75) is 44.3 Å². The van der Waals surface area contributed by atoms with Crippen molar-refractivity contribution in [1.82, 2.24) is 5.32 Å². The molecule has 2 rings (SSSR count). The normalized spacial score (nSPS) is 12.7. The van der Waals surface area contributed by atoms with Crippen LogP contribution in [0.5, 0.6) is 11.5 Å². The number of unbranched alkanes of at least 4 members (excludes halogenated alkanes) is 3. The highest BCUT2D eigenvalue weighted by Gasteiger charge is 2.32. The van der Waals surface area contributed by atoms with Crippen LogP contribution in [0.2, 0.25) is 0 Å². The topological polar surface area (TPSA) is 91.2 Å². The Morgan fingerprint density at radius 1 is 1.06 bits per heavy atom. The zero-order valence-corrected chi connectivity index (χ0v) is 18.4. The monoisotopic (exact) mass is 453 g/mol. The third kappa shape index (κ3) is 8.35. The lowest BCUT2D eigenvalue weighted by Gasteiger charge is -2.17. The first-order valence-electron chi connectivity index (χ1n) is 10.8. The maximum absolute atomic E-state index is 14.2. The Morgan fingerprint density at radius 3 is 2.59 bits per heavy atom. The molecular weight excluding hydrogens is 420 g/mol. The number of ether oxygens (including phenoxy) is 2. The van der Waals surface area contributed by atoms with Gasteiger partial charge in [0.15, 0.2) is 0 Å². The largest absolute Gasteiger partial charge is 0.508 e. The number of halogens is 2. The molecule has 0 heterocycles. The molecule has 0 fully saturated rings. The number of hydrogen-bond donors (Lipinski definition) is 4. The fraction of sp³-hybridized carbons (Fsp3) is 0.500. The minimum atomic E-state index is -3.06. The molecule has 1 atom stereocenters. The van der Waals surface area contributed by atoms with Crippen LogP contribution >= 0.6 is 0 Å². The molecule has 32 heavy (non-hydrogen) atoms.